The first-order chi connectivity index (χ1) is 14.0. The zero-order valence-corrected chi connectivity index (χ0v) is 17.4. The van der Waals surface area contributed by atoms with E-state index in [2.05, 4.69) is 13.0 Å². The number of carbonyl (C=O) groups excluding carboxylic acids is 1. The van der Waals surface area contributed by atoms with Gasteiger partial charge in [-0.1, -0.05) is 37.3 Å². The van der Waals surface area contributed by atoms with E-state index in [1.807, 2.05) is 55.5 Å². The van der Waals surface area contributed by atoms with Crippen LogP contribution in [0, 0.1) is 5.92 Å². The summed E-state index contributed by atoms with van der Waals surface area (Å²) in [6.07, 6.45) is 1.86. The first-order valence-electron chi connectivity index (χ1n) is 9.85. The Bertz CT molecular complexity index is 856. The number of hydrogen-bond acceptors (Lipinski definition) is 5. The molecule has 0 radical (unpaired) electrons. The first-order valence-corrected chi connectivity index (χ1v) is 9.85. The van der Waals surface area contributed by atoms with Gasteiger partial charge in [-0.3, -0.25) is 4.79 Å². The summed E-state index contributed by atoms with van der Waals surface area (Å²) in [5.74, 6) is 1.42. The lowest BCUT2D eigenvalue weighted by Gasteiger charge is -2.35. The van der Waals surface area contributed by atoms with Crippen molar-refractivity contribution in [3.8, 4) is 11.5 Å². The number of ether oxygens (including phenoxy) is 4. The second kappa shape index (κ2) is 9.61. The van der Waals surface area contributed by atoms with Crippen molar-refractivity contribution in [1.82, 2.24) is 0 Å². The molecule has 0 saturated heterocycles. The molecule has 2 aromatic rings. The van der Waals surface area contributed by atoms with Crippen LogP contribution in [0.25, 0.3) is 0 Å². The maximum Gasteiger partial charge on any atom is 0.310 e. The Kier molecular flexibility index (Phi) is 6.94. The summed E-state index contributed by atoms with van der Waals surface area (Å²) in [4.78, 5) is 12.2. The Morgan fingerprint density at radius 1 is 1.00 bits per heavy atom. The van der Waals surface area contributed by atoms with E-state index in [9.17, 15) is 4.79 Å². The smallest absolute Gasteiger partial charge is 0.310 e. The second-order valence-electron chi connectivity index (χ2n) is 7.07. The third kappa shape index (κ3) is 4.98. The molecule has 0 aromatic heterocycles. The van der Waals surface area contributed by atoms with E-state index in [1.165, 1.54) is 0 Å². The van der Waals surface area contributed by atoms with Gasteiger partial charge in [-0.2, -0.15) is 0 Å². The van der Waals surface area contributed by atoms with Gasteiger partial charge in [0, 0.05) is 5.92 Å². The van der Waals surface area contributed by atoms with E-state index >= 15 is 0 Å². The van der Waals surface area contributed by atoms with Crippen molar-refractivity contribution in [2.45, 2.75) is 32.5 Å². The number of esters is 1. The minimum absolute atomic E-state index is 0.106. The molecule has 5 nitrogen and oxygen atoms in total. The normalized spacial score (nSPS) is 21.2. The molecule has 0 amide bonds. The summed E-state index contributed by atoms with van der Waals surface area (Å²) in [6, 6.07) is 15.7. The van der Waals surface area contributed by atoms with Gasteiger partial charge in [0.1, 0.15) is 17.6 Å². The van der Waals surface area contributed by atoms with Crippen molar-refractivity contribution in [1.29, 1.82) is 0 Å². The van der Waals surface area contributed by atoms with Crippen molar-refractivity contribution in [3.05, 3.63) is 71.3 Å². The molecular formula is C24H28O5. The van der Waals surface area contributed by atoms with Crippen LogP contribution in [0.3, 0.4) is 0 Å². The topological polar surface area (TPSA) is 54.0 Å². The van der Waals surface area contributed by atoms with Crippen molar-refractivity contribution in [3.63, 3.8) is 0 Å². The summed E-state index contributed by atoms with van der Waals surface area (Å²) < 4.78 is 22.4. The number of rotatable bonds is 7. The van der Waals surface area contributed by atoms with Crippen LogP contribution in [0.15, 0.2) is 60.2 Å². The van der Waals surface area contributed by atoms with Crippen LogP contribution >= 0.6 is 0 Å². The van der Waals surface area contributed by atoms with Gasteiger partial charge < -0.3 is 18.9 Å². The lowest BCUT2D eigenvalue weighted by molar-refractivity contribution is -0.143. The Balaban J connectivity index is 1.95. The van der Waals surface area contributed by atoms with E-state index in [0.717, 1.165) is 28.2 Å². The molecule has 0 saturated carbocycles. The summed E-state index contributed by atoms with van der Waals surface area (Å²) in [6.45, 7) is 4.27. The molecule has 1 heterocycles. The molecule has 5 heteroatoms. The Labute approximate surface area is 172 Å². The third-order valence-corrected chi connectivity index (χ3v) is 5.07. The van der Waals surface area contributed by atoms with Crippen LogP contribution in [-0.2, 0) is 14.3 Å². The molecule has 1 aliphatic rings. The highest BCUT2D eigenvalue weighted by molar-refractivity contribution is 5.73. The molecule has 29 heavy (non-hydrogen) atoms. The third-order valence-electron chi connectivity index (χ3n) is 5.07. The van der Waals surface area contributed by atoms with Crippen LogP contribution in [0.1, 0.15) is 43.6 Å². The summed E-state index contributed by atoms with van der Waals surface area (Å²) in [5.41, 5.74) is 2.93. The number of methoxy groups -OCH3 is 2. The lowest BCUT2D eigenvalue weighted by atomic mass is 9.87. The minimum Gasteiger partial charge on any atom is -0.497 e. The molecule has 0 unspecified atom stereocenters. The van der Waals surface area contributed by atoms with E-state index in [-0.39, 0.29) is 30.5 Å². The molecule has 3 atom stereocenters. The number of benzene rings is 2. The van der Waals surface area contributed by atoms with Gasteiger partial charge in [0.25, 0.3) is 0 Å². The van der Waals surface area contributed by atoms with Gasteiger partial charge >= 0.3 is 5.97 Å². The SMILES string of the molecule is CCOC(=O)CC1=C[C@H](C)[C@H](c2ccc(OC)cc2)O[C@@H]1c1cccc(OC)c1. The molecule has 0 aliphatic carbocycles. The second-order valence-corrected chi connectivity index (χ2v) is 7.07. The van der Waals surface area contributed by atoms with Gasteiger partial charge in [0.05, 0.1) is 33.4 Å². The molecule has 2 aromatic carbocycles. The zero-order chi connectivity index (χ0) is 20.8. The average Bonchev–Trinajstić information content (AvgIpc) is 2.74. The Hall–Kier alpha value is -2.79. The van der Waals surface area contributed by atoms with Crippen molar-refractivity contribution in [2.24, 2.45) is 5.92 Å². The van der Waals surface area contributed by atoms with Crippen LogP contribution in [0.5, 0.6) is 11.5 Å². The zero-order valence-electron chi connectivity index (χ0n) is 17.4. The van der Waals surface area contributed by atoms with Gasteiger partial charge in [-0.15, -0.1) is 0 Å². The van der Waals surface area contributed by atoms with E-state index in [0.29, 0.717) is 6.61 Å². The molecule has 0 N–H and O–H groups in total. The predicted molar refractivity (Wildman–Crippen MR) is 111 cm³/mol. The van der Waals surface area contributed by atoms with Crippen LogP contribution in [0.4, 0.5) is 0 Å². The molecule has 0 spiro atoms. The molecular weight excluding hydrogens is 368 g/mol. The van der Waals surface area contributed by atoms with Crippen LogP contribution in [0.2, 0.25) is 0 Å². The van der Waals surface area contributed by atoms with Gasteiger partial charge in [-0.05, 0) is 47.9 Å². The van der Waals surface area contributed by atoms with E-state index < -0.39 is 0 Å². The Morgan fingerprint density at radius 3 is 2.38 bits per heavy atom. The summed E-state index contributed by atoms with van der Waals surface area (Å²) >= 11 is 0. The van der Waals surface area contributed by atoms with Crippen LogP contribution in [-0.4, -0.2) is 26.8 Å². The van der Waals surface area contributed by atoms with E-state index in [4.69, 9.17) is 18.9 Å². The monoisotopic (exact) mass is 396 g/mol. The highest BCUT2D eigenvalue weighted by Crippen LogP contribution is 2.43. The quantitative estimate of drug-likeness (QED) is 0.485. The highest BCUT2D eigenvalue weighted by Gasteiger charge is 2.33. The number of carbonyl (C=O) groups is 1. The summed E-state index contributed by atoms with van der Waals surface area (Å²) in [7, 11) is 3.29. The predicted octanol–water partition coefficient (Wildman–Crippen LogP) is 5.03. The van der Waals surface area contributed by atoms with Crippen molar-refractivity contribution >= 4 is 5.97 Å². The van der Waals surface area contributed by atoms with Gasteiger partial charge in [0.2, 0.25) is 0 Å². The van der Waals surface area contributed by atoms with E-state index in [1.54, 1.807) is 14.2 Å². The molecule has 0 fully saturated rings. The standard InChI is InChI=1S/C24H28O5/c1-5-28-22(25)15-19-13-16(2)23(17-9-11-20(26-3)12-10-17)29-24(19)18-7-6-8-21(14-18)27-4/h6-14,16,23-24H,5,15H2,1-4H3/t16-,23+,24+/m0/s1. The van der Waals surface area contributed by atoms with Crippen molar-refractivity contribution < 1.29 is 23.7 Å². The van der Waals surface area contributed by atoms with Crippen LogP contribution < -0.4 is 9.47 Å². The van der Waals surface area contributed by atoms with Gasteiger partial charge in [0.15, 0.2) is 0 Å². The maximum atomic E-state index is 12.2. The Morgan fingerprint density at radius 2 is 1.72 bits per heavy atom. The molecule has 154 valence electrons. The highest BCUT2D eigenvalue weighted by atomic mass is 16.5. The fraction of sp³-hybridized carbons (Fsp3) is 0.375. The first kappa shape index (κ1) is 20.9. The molecule has 1 aliphatic heterocycles. The average molecular weight is 396 g/mol. The minimum atomic E-state index is -0.349. The number of hydrogen-bond donors (Lipinski definition) is 0. The maximum absolute atomic E-state index is 12.2. The van der Waals surface area contributed by atoms with Crippen molar-refractivity contribution in [2.75, 3.05) is 20.8 Å². The molecule has 3 rings (SSSR count). The van der Waals surface area contributed by atoms with Gasteiger partial charge in [-0.25, -0.2) is 0 Å². The lowest BCUT2D eigenvalue weighted by Crippen LogP contribution is -2.24. The fourth-order valence-corrected chi connectivity index (χ4v) is 3.67. The fourth-order valence-electron chi connectivity index (χ4n) is 3.67. The summed E-state index contributed by atoms with van der Waals surface area (Å²) in [5, 5.41) is 0. The molecule has 0 bridgehead atoms. The largest absolute Gasteiger partial charge is 0.497 e.